The van der Waals surface area contributed by atoms with Crippen LogP contribution in [-0.4, -0.2) is 83.1 Å². The van der Waals surface area contributed by atoms with E-state index in [2.05, 4.69) is 32.7 Å². The number of aryl methyl sites for hydroxylation is 2. The van der Waals surface area contributed by atoms with Gasteiger partial charge in [0.05, 0.1) is 6.54 Å². The minimum Gasteiger partial charge on any atom is -0.480 e. The van der Waals surface area contributed by atoms with Gasteiger partial charge in [0.1, 0.15) is 17.7 Å². The lowest BCUT2D eigenvalue weighted by Gasteiger charge is -2.25. The molecule has 0 bridgehead atoms. The van der Waals surface area contributed by atoms with Gasteiger partial charge in [0.2, 0.25) is 5.91 Å². The highest BCUT2D eigenvalue weighted by Gasteiger charge is 2.21. The van der Waals surface area contributed by atoms with Gasteiger partial charge in [0.15, 0.2) is 0 Å². The van der Waals surface area contributed by atoms with Crippen LogP contribution in [0.5, 0.6) is 0 Å². The second-order valence-corrected chi connectivity index (χ2v) is 10.5. The molecule has 4 rings (SSSR count). The first kappa shape index (κ1) is 29.0. The minimum atomic E-state index is -0.946. The van der Waals surface area contributed by atoms with Gasteiger partial charge in [-0.3, -0.25) is 9.69 Å². The number of nitrogens with one attached hydrogen (secondary N) is 2. The molecule has 0 spiro atoms. The van der Waals surface area contributed by atoms with Crippen LogP contribution >= 0.6 is 0 Å². The fraction of sp³-hybridized carbons (Fsp3) is 0.419. The molecular weight excluding hydrogens is 504 g/mol. The number of anilines is 2. The van der Waals surface area contributed by atoms with E-state index in [1.54, 1.807) is 25.2 Å². The van der Waals surface area contributed by atoms with E-state index in [0.717, 1.165) is 61.3 Å². The number of rotatable bonds is 14. The maximum atomic E-state index is 12.5. The lowest BCUT2D eigenvalue weighted by molar-refractivity contribution is -0.138. The smallest absolute Gasteiger partial charge is 0.326 e. The van der Waals surface area contributed by atoms with Gasteiger partial charge in [-0.25, -0.2) is 14.8 Å². The summed E-state index contributed by atoms with van der Waals surface area (Å²) in [5, 5.41) is 16.4. The number of carbonyl (C=O) groups is 2. The van der Waals surface area contributed by atoms with Gasteiger partial charge in [-0.1, -0.05) is 36.4 Å². The summed E-state index contributed by atoms with van der Waals surface area (Å²) in [6.07, 6.45) is 6.93. The number of amides is 1. The number of likely N-dealkylation sites (N-methyl/N-ethyl adjacent to an activating group) is 1. The van der Waals surface area contributed by atoms with E-state index in [0.29, 0.717) is 25.3 Å². The Bertz CT molecular complexity index is 1270. The first-order valence-corrected chi connectivity index (χ1v) is 14.0. The number of carboxylic acid groups (broad SMARTS) is 1. The summed E-state index contributed by atoms with van der Waals surface area (Å²) in [6, 6.07) is 17.1. The number of aliphatic carboxylic acids is 1. The van der Waals surface area contributed by atoms with Crippen molar-refractivity contribution in [1.29, 1.82) is 0 Å². The molecule has 212 valence electrons. The predicted molar refractivity (Wildman–Crippen MR) is 158 cm³/mol. The molecule has 0 aliphatic carbocycles. The Labute approximate surface area is 236 Å². The zero-order chi connectivity index (χ0) is 28.3. The van der Waals surface area contributed by atoms with Crippen LogP contribution in [0.1, 0.15) is 36.9 Å². The number of nitrogens with zero attached hydrogens (tertiary/aromatic N) is 4. The first-order chi connectivity index (χ1) is 19.4. The van der Waals surface area contributed by atoms with Crippen molar-refractivity contribution in [1.82, 2.24) is 19.8 Å². The van der Waals surface area contributed by atoms with Crippen LogP contribution in [0.2, 0.25) is 0 Å². The molecule has 3 aromatic rings. The van der Waals surface area contributed by atoms with Gasteiger partial charge >= 0.3 is 5.97 Å². The monoisotopic (exact) mass is 544 g/mol. The van der Waals surface area contributed by atoms with E-state index < -0.39 is 12.0 Å². The lowest BCUT2D eigenvalue weighted by Crippen LogP contribution is -2.40. The third-order valence-electron chi connectivity index (χ3n) is 7.19. The molecule has 0 unspecified atom stereocenters. The van der Waals surface area contributed by atoms with Crippen molar-refractivity contribution in [3.05, 3.63) is 72.1 Å². The van der Waals surface area contributed by atoms with Gasteiger partial charge in [0.25, 0.3) is 0 Å². The SMILES string of the molecule is CN(C)C(=O)CN(CCCCc1ccc2c(n1)NCCC2)CC[C@H](Nc1cc(-c2ccccc2)ccn1)C(=O)O. The Hall–Kier alpha value is -3.98. The number of fused-ring (bicyclic) bond motifs is 1. The highest BCUT2D eigenvalue weighted by molar-refractivity contribution is 5.78. The average molecular weight is 545 g/mol. The molecule has 1 aliphatic rings. The third kappa shape index (κ3) is 8.51. The Balaban J connectivity index is 1.33. The van der Waals surface area contributed by atoms with Crippen molar-refractivity contribution >= 4 is 23.5 Å². The zero-order valence-electron chi connectivity index (χ0n) is 23.5. The Kier molecular flexibility index (Phi) is 10.5. The topological polar surface area (TPSA) is 111 Å². The number of carboxylic acids is 1. The summed E-state index contributed by atoms with van der Waals surface area (Å²) >= 11 is 0. The van der Waals surface area contributed by atoms with Crippen molar-refractivity contribution in [3.8, 4) is 11.1 Å². The number of unbranched alkanes of at least 4 members (excludes halogenated alkanes) is 1. The van der Waals surface area contributed by atoms with E-state index in [-0.39, 0.29) is 12.5 Å². The molecule has 9 heteroatoms. The number of hydrogen-bond acceptors (Lipinski definition) is 7. The molecule has 2 aromatic heterocycles. The molecule has 3 N–H and O–H groups in total. The highest BCUT2D eigenvalue weighted by atomic mass is 16.4. The van der Waals surface area contributed by atoms with Crippen LogP contribution in [0.15, 0.2) is 60.8 Å². The lowest BCUT2D eigenvalue weighted by atomic mass is 10.1. The molecule has 0 saturated carbocycles. The second-order valence-electron chi connectivity index (χ2n) is 10.5. The maximum absolute atomic E-state index is 12.5. The number of pyridine rings is 2. The molecule has 40 heavy (non-hydrogen) atoms. The molecule has 1 aromatic carbocycles. The van der Waals surface area contributed by atoms with Gasteiger partial charge in [0, 0.05) is 39.1 Å². The standard InChI is InChI=1S/C31H40N6O3/c1-36(2)29(38)22-37(19-7-6-12-26-14-13-24-11-8-17-33-30(24)34-26)20-16-27(31(39)40)35-28-21-25(15-18-32-28)23-9-4-3-5-10-23/h3-5,9-10,13-15,18,21,27H,6-8,11-12,16-17,19-20,22H2,1-2H3,(H,32,35)(H,33,34)(H,39,40)/t27-/m0/s1. The molecule has 0 radical (unpaired) electrons. The molecule has 3 heterocycles. The van der Waals surface area contributed by atoms with Crippen molar-refractivity contribution in [3.63, 3.8) is 0 Å². The summed E-state index contributed by atoms with van der Waals surface area (Å²) in [5.74, 6) is 0.576. The molecule has 1 atom stereocenters. The Morgan fingerprint density at radius 2 is 1.88 bits per heavy atom. The molecule has 1 amide bonds. The van der Waals surface area contributed by atoms with E-state index in [9.17, 15) is 14.7 Å². The molecule has 0 fully saturated rings. The normalized spacial score (nSPS) is 13.3. The summed E-state index contributed by atoms with van der Waals surface area (Å²) in [7, 11) is 3.48. The molecule has 1 aliphatic heterocycles. The van der Waals surface area contributed by atoms with Crippen molar-refractivity contribution < 1.29 is 14.7 Å². The molecule has 0 saturated heterocycles. The third-order valence-corrected chi connectivity index (χ3v) is 7.19. The van der Waals surface area contributed by atoms with E-state index in [1.165, 1.54) is 5.56 Å². The minimum absolute atomic E-state index is 0.000471. The van der Waals surface area contributed by atoms with Crippen molar-refractivity contribution in [2.24, 2.45) is 0 Å². The van der Waals surface area contributed by atoms with E-state index in [4.69, 9.17) is 4.98 Å². The van der Waals surface area contributed by atoms with Crippen LogP contribution in [0.4, 0.5) is 11.6 Å². The van der Waals surface area contributed by atoms with Crippen LogP contribution in [0, 0.1) is 0 Å². The van der Waals surface area contributed by atoms with Crippen molar-refractivity contribution in [2.75, 3.05) is 50.9 Å². The Morgan fingerprint density at radius 3 is 2.65 bits per heavy atom. The number of carbonyl (C=O) groups excluding carboxylic acids is 1. The largest absolute Gasteiger partial charge is 0.480 e. The van der Waals surface area contributed by atoms with Gasteiger partial charge in [-0.05, 0) is 80.0 Å². The summed E-state index contributed by atoms with van der Waals surface area (Å²) in [5.41, 5.74) is 4.36. The first-order valence-electron chi connectivity index (χ1n) is 14.0. The second kappa shape index (κ2) is 14.4. The zero-order valence-corrected chi connectivity index (χ0v) is 23.5. The van der Waals surface area contributed by atoms with Crippen LogP contribution < -0.4 is 10.6 Å². The highest BCUT2D eigenvalue weighted by Crippen LogP contribution is 2.22. The number of benzene rings is 1. The van der Waals surface area contributed by atoms with Crippen LogP contribution in [-0.2, 0) is 22.4 Å². The van der Waals surface area contributed by atoms with Gasteiger partial charge < -0.3 is 20.6 Å². The van der Waals surface area contributed by atoms with Crippen molar-refractivity contribution in [2.45, 2.75) is 44.6 Å². The molecule has 9 nitrogen and oxygen atoms in total. The summed E-state index contributed by atoms with van der Waals surface area (Å²) < 4.78 is 0. The quantitative estimate of drug-likeness (QED) is 0.260. The maximum Gasteiger partial charge on any atom is 0.326 e. The summed E-state index contributed by atoms with van der Waals surface area (Å²) in [6.45, 7) is 2.40. The van der Waals surface area contributed by atoms with Gasteiger partial charge in [-0.15, -0.1) is 0 Å². The Morgan fingerprint density at radius 1 is 1.05 bits per heavy atom. The van der Waals surface area contributed by atoms with Gasteiger partial charge in [-0.2, -0.15) is 0 Å². The average Bonchev–Trinajstić information content (AvgIpc) is 2.97. The number of aromatic nitrogens is 2. The van der Waals surface area contributed by atoms with E-state index in [1.807, 2.05) is 42.5 Å². The number of hydrogen-bond donors (Lipinski definition) is 3. The fourth-order valence-electron chi connectivity index (χ4n) is 4.82. The fourth-order valence-corrected chi connectivity index (χ4v) is 4.82. The van der Waals surface area contributed by atoms with E-state index >= 15 is 0 Å². The molecular formula is C31H40N6O3. The van der Waals surface area contributed by atoms with Crippen LogP contribution in [0.3, 0.4) is 0 Å². The summed E-state index contributed by atoms with van der Waals surface area (Å²) in [4.78, 5) is 37.4. The predicted octanol–water partition coefficient (Wildman–Crippen LogP) is 4.17. The van der Waals surface area contributed by atoms with Crippen LogP contribution in [0.25, 0.3) is 11.1 Å².